The number of urea groups is 1. The predicted octanol–water partition coefficient (Wildman–Crippen LogP) is 2.59. The number of nitrogens with zero attached hydrogens (tertiary/aromatic N) is 1. The zero-order valence-electron chi connectivity index (χ0n) is 8.34. The predicted molar refractivity (Wildman–Crippen MR) is 62.3 cm³/mol. The topological polar surface area (TPSA) is 44.4 Å². The van der Waals surface area contributed by atoms with Crippen LogP contribution in [0.3, 0.4) is 0 Å². The summed E-state index contributed by atoms with van der Waals surface area (Å²) < 4.78 is 0. The Morgan fingerprint density at radius 1 is 1.40 bits per heavy atom. The van der Waals surface area contributed by atoms with E-state index in [9.17, 15) is 4.79 Å². The highest BCUT2D eigenvalue weighted by molar-refractivity contribution is 6.36. The first-order valence-electron chi connectivity index (χ1n) is 4.21. The number of benzene rings is 1. The average molecular weight is 248 g/mol. The molecule has 0 radical (unpaired) electrons. The van der Waals surface area contributed by atoms with Crippen molar-refractivity contribution in [1.29, 1.82) is 0 Å². The number of hydrogen-bond acceptors (Lipinski definition) is 2. The van der Waals surface area contributed by atoms with Crippen molar-refractivity contribution in [2.24, 2.45) is 0 Å². The van der Waals surface area contributed by atoms with Crippen LogP contribution >= 0.6 is 23.2 Å². The molecule has 2 N–H and O–H groups in total. The minimum absolute atomic E-state index is 0.304. The van der Waals surface area contributed by atoms with Gasteiger partial charge < -0.3 is 5.32 Å². The molecule has 6 heteroatoms. The van der Waals surface area contributed by atoms with Crippen LogP contribution in [0.1, 0.15) is 0 Å². The Balaban J connectivity index is 2.77. The van der Waals surface area contributed by atoms with Gasteiger partial charge in [0.15, 0.2) is 0 Å². The van der Waals surface area contributed by atoms with Crippen LogP contribution in [0, 0.1) is 0 Å². The van der Waals surface area contributed by atoms with Crippen LogP contribution < -0.4 is 10.7 Å². The van der Waals surface area contributed by atoms with Gasteiger partial charge in [0.25, 0.3) is 0 Å². The van der Waals surface area contributed by atoms with E-state index in [0.29, 0.717) is 15.7 Å². The van der Waals surface area contributed by atoms with Crippen molar-refractivity contribution >= 4 is 34.9 Å². The number of hydrogen-bond donors (Lipinski definition) is 2. The quantitative estimate of drug-likeness (QED) is 0.790. The van der Waals surface area contributed by atoms with Crippen LogP contribution in [-0.4, -0.2) is 25.1 Å². The maximum atomic E-state index is 11.4. The number of anilines is 1. The van der Waals surface area contributed by atoms with E-state index < -0.39 is 0 Å². The molecule has 0 atom stereocenters. The lowest BCUT2D eigenvalue weighted by atomic mass is 10.3. The highest BCUT2D eigenvalue weighted by Gasteiger charge is 2.08. The van der Waals surface area contributed by atoms with Crippen molar-refractivity contribution in [3.8, 4) is 0 Å². The van der Waals surface area contributed by atoms with E-state index in [2.05, 4.69) is 10.7 Å². The number of rotatable bonds is 2. The second kappa shape index (κ2) is 5.21. The number of amides is 2. The summed E-state index contributed by atoms with van der Waals surface area (Å²) in [4.78, 5) is 11.4. The molecule has 0 fully saturated rings. The van der Waals surface area contributed by atoms with E-state index in [4.69, 9.17) is 23.2 Å². The summed E-state index contributed by atoms with van der Waals surface area (Å²) >= 11 is 11.6. The van der Waals surface area contributed by atoms with Gasteiger partial charge in [0.2, 0.25) is 0 Å². The lowest BCUT2D eigenvalue weighted by Crippen LogP contribution is -2.39. The summed E-state index contributed by atoms with van der Waals surface area (Å²) in [6.07, 6.45) is 0. The molecule has 1 aromatic rings. The maximum absolute atomic E-state index is 11.4. The van der Waals surface area contributed by atoms with Gasteiger partial charge in [-0.15, -0.1) is 0 Å². The van der Waals surface area contributed by atoms with Crippen molar-refractivity contribution in [1.82, 2.24) is 10.4 Å². The van der Waals surface area contributed by atoms with Gasteiger partial charge in [-0.25, -0.2) is 10.2 Å². The van der Waals surface area contributed by atoms with Gasteiger partial charge in [-0.05, 0) is 18.2 Å². The fourth-order valence-corrected chi connectivity index (χ4v) is 1.35. The Hall–Kier alpha value is -0.970. The van der Waals surface area contributed by atoms with E-state index in [-0.39, 0.29) is 6.03 Å². The van der Waals surface area contributed by atoms with Crippen molar-refractivity contribution in [3.63, 3.8) is 0 Å². The third kappa shape index (κ3) is 3.27. The summed E-state index contributed by atoms with van der Waals surface area (Å²) in [5, 5.41) is 4.85. The molecule has 4 nitrogen and oxygen atoms in total. The molecule has 0 saturated heterocycles. The summed E-state index contributed by atoms with van der Waals surface area (Å²) in [6, 6.07) is 4.56. The molecular formula is C9H11Cl2N3O. The Kier molecular flexibility index (Phi) is 4.20. The second-order valence-corrected chi connectivity index (χ2v) is 3.68. The summed E-state index contributed by atoms with van der Waals surface area (Å²) in [7, 11) is 3.24. The van der Waals surface area contributed by atoms with Crippen LogP contribution in [0.4, 0.5) is 10.5 Å². The van der Waals surface area contributed by atoms with Gasteiger partial charge in [0.1, 0.15) is 0 Å². The minimum Gasteiger partial charge on any atom is -0.305 e. The molecule has 0 aliphatic rings. The molecule has 0 aromatic heterocycles. The zero-order chi connectivity index (χ0) is 11.4. The lowest BCUT2D eigenvalue weighted by molar-refractivity contribution is 0.207. The molecule has 0 unspecified atom stereocenters. The first-order valence-corrected chi connectivity index (χ1v) is 4.97. The minimum atomic E-state index is -0.304. The van der Waals surface area contributed by atoms with E-state index >= 15 is 0 Å². The molecule has 0 heterocycles. The third-order valence-corrected chi connectivity index (χ3v) is 2.36. The van der Waals surface area contributed by atoms with E-state index in [1.54, 1.807) is 32.3 Å². The normalized spacial score (nSPS) is 9.87. The Morgan fingerprint density at radius 3 is 2.60 bits per heavy atom. The largest absolute Gasteiger partial charge is 0.335 e. The smallest absolute Gasteiger partial charge is 0.305 e. The fourth-order valence-electron chi connectivity index (χ4n) is 0.891. The number of halogens is 2. The van der Waals surface area contributed by atoms with E-state index in [1.807, 2.05) is 0 Å². The van der Waals surface area contributed by atoms with Gasteiger partial charge in [-0.2, -0.15) is 0 Å². The van der Waals surface area contributed by atoms with Crippen LogP contribution in [0.5, 0.6) is 0 Å². The molecule has 1 rings (SSSR count). The molecule has 0 aliphatic heterocycles. The van der Waals surface area contributed by atoms with Crippen LogP contribution in [-0.2, 0) is 0 Å². The summed E-state index contributed by atoms with van der Waals surface area (Å²) in [5.74, 6) is 0. The van der Waals surface area contributed by atoms with Crippen molar-refractivity contribution in [2.45, 2.75) is 0 Å². The average Bonchev–Trinajstić information content (AvgIpc) is 2.20. The Morgan fingerprint density at radius 2 is 2.07 bits per heavy atom. The number of nitrogens with one attached hydrogen (secondary N) is 2. The molecule has 0 spiro atoms. The zero-order valence-corrected chi connectivity index (χ0v) is 9.86. The van der Waals surface area contributed by atoms with Gasteiger partial charge in [-0.3, -0.25) is 5.01 Å². The molecule has 0 bridgehead atoms. The van der Waals surface area contributed by atoms with Crippen molar-refractivity contribution in [3.05, 3.63) is 28.2 Å². The highest BCUT2D eigenvalue weighted by Crippen LogP contribution is 2.25. The molecule has 2 amide bonds. The summed E-state index contributed by atoms with van der Waals surface area (Å²) in [6.45, 7) is 0. The molecule has 0 saturated carbocycles. The Bertz CT molecular complexity index is 370. The van der Waals surface area contributed by atoms with Crippen molar-refractivity contribution in [2.75, 3.05) is 19.4 Å². The first kappa shape index (κ1) is 12.1. The third-order valence-electron chi connectivity index (χ3n) is 1.81. The van der Waals surface area contributed by atoms with Crippen LogP contribution in [0.25, 0.3) is 0 Å². The molecule has 82 valence electrons. The van der Waals surface area contributed by atoms with Gasteiger partial charge in [0.05, 0.1) is 10.7 Å². The van der Waals surface area contributed by atoms with Gasteiger partial charge in [-0.1, -0.05) is 23.2 Å². The Labute approximate surface area is 98.1 Å². The van der Waals surface area contributed by atoms with Crippen LogP contribution in [0.2, 0.25) is 10.0 Å². The highest BCUT2D eigenvalue weighted by atomic mass is 35.5. The second-order valence-electron chi connectivity index (χ2n) is 2.84. The van der Waals surface area contributed by atoms with E-state index in [0.717, 1.165) is 0 Å². The first-order chi connectivity index (χ1) is 7.04. The lowest BCUT2D eigenvalue weighted by Gasteiger charge is -2.16. The summed E-state index contributed by atoms with van der Waals surface area (Å²) in [5.41, 5.74) is 3.19. The molecule has 1 aromatic carbocycles. The monoisotopic (exact) mass is 247 g/mol. The number of carbonyl (C=O) groups excluding carboxylic acids is 1. The van der Waals surface area contributed by atoms with Gasteiger partial charge >= 0.3 is 6.03 Å². The van der Waals surface area contributed by atoms with Crippen molar-refractivity contribution < 1.29 is 4.79 Å². The molecule has 0 aliphatic carbocycles. The van der Waals surface area contributed by atoms with Crippen LogP contribution in [0.15, 0.2) is 18.2 Å². The number of hydrazine groups is 1. The molecular weight excluding hydrogens is 237 g/mol. The molecule has 15 heavy (non-hydrogen) atoms. The SMILES string of the molecule is CNN(C)C(=O)Nc1ccc(Cl)cc1Cl. The maximum Gasteiger partial charge on any atom is 0.335 e. The van der Waals surface area contributed by atoms with E-state index in [1.165, 1.54) is 5.01 Å². The van der Waals surface area contributed by atoms with Gasteiger partial charge in [0, 0.05) is 19.1 Å². The fraction of sp³-hybridized carbons (Fsp3) is 0.222. The number of carbonyl (C=O) groups is 1. The standard InChI is InChI=1S/C9H11Cl2N3O/c1-12-14(2)9(15)13-8-4-3-6(10)5-7(8)11/h3-5,12H,1-2H3,(H,13,15).